The van der Waals surface area contributed by atoms with E-state index in [4.69, 9.17) is 9.47 Å². The summed E-state index contributed by atoms with van der Waals surface area (Å²) in [6.07, 6.45) is -0.871. The largest absolute Gasteiger partial charge is 0.415 e. The van der Waals surface area contributed by atoms with E-state index in [-0.39, 0.29) is 37.1 Å². The van der Waals surface area contributed by atoms with Crippen LogP contribution in [0.15, 0.2) is 72.8 Å². The molecule has 0 saturated carbocycles. The number of aliphatic hydroxyl groups is 1. The summed E-state index contributed by atoms with van der Waals surface area (Å²) >= 11 is 0. The van der Waals surface area contributed by atoms with E-state index in [0.717, 1.165) is 22.3 Å². The van der Waals surface area contributed by atoms with Crippen molar-refractivity contribution in [2.24, 2.45) is 5.92 Å². The molecule has 0 bridgehead atoms. The van der Waals surface area contributed by atoms with E-state index >= 15 is 0 Å². The highest BCUT2D eigenvalue weighted by atomic mass is 16.6. The van der Waals surface area contributed by atoms with Crippen LogP contribution >= 0.6 is 0 Å². The van der Waals surface area contributed by atoms with E-state index in [1.165, 1.54) is 4.90 Å². The minimum atomic E-state index is -0.483. The first-order valence-corrected chi connectivity index (χ1v) is 13.0. The molecular weight excluding hydrogens is 480 g/mol. The van der Waals surface area contributed by atoms with Gasteiger partial charge >= 0.3 is 6.09 Å². The molecule has 7 heteroatoms. The van der Waals surface area contributed by atoms with Crippen LogP contribution in [-0.2, 0) is 11.3 Å². The fourth-order valence-electron chi connectivity index (χ4n) is 4.68. The SMILES string of the molecule is Cc1ccc(OC(=O)N(C)C[C@H]2OCc3ccccc3-c3ccccc3C(=O)N([C@@H](C)CO)C[C@@H]2C)cc1. The van der Waals surface area contributed by atoms with Crippen LogP contribution in [0.25, 0.3) is 11.1 Å². The van der Waals surface area contributed by atoms with Gasteiger partial charge in [0.2, 0.25) is 0 Å². The minimum Gasteiger partial charge on any atom is -0.410 e. The maximum Gasteiger partial charge on any atom is 0.415 e. The Kier molecular flexibility index (Phi) is 8.81. The Bertz CT molecular complexity index is 1260. The van der Waals surface area contributed by atoms with Crippen LogP contribution in [0.1, 0.15) is 35.3 Å². The Hall–Kier alpha value is -3.68. The van der Waals surface area contributed by atoms with E-state index in [2.05, 4.69) is 0 Å². The van der Waals surface area contributed by atoms with Crippen LogP contribution in [-0.4, -0.2) is 65.8 Å². The molecule has 3 atom stereocenters. The van der Waals surface area contributed by atoms with Crippen molar-refractivity contribution in [2.75, 3.05) is 26.7 Å². The summed E-state index contributed by atoms with van der Waals surface area (Å²) in [6, 6.07) is 22.4. The molecule has 0 aromatic heterocycles. The van der Waals surface area contributed by atoms with Crippen LogP contribution in [0, 0.1) is 12.8 Å². The summed E-state index contributed by atoms with van der Waals surface area (Å²) in [7, 11) is 1.68. The van der Waals surface area contributed by atoms with Gasteiger partial charge in [0.1, 0.15) is 5.75 Å². The Morgan fingerprint density at radius 3 is 2.37 bits per heavy atom. The average Bonchev–Trinajstić information content (AvgIpc) is 2.95. The van der Waals surface area contributed by atoms with Crippen molar-refractivity contribution in [2.45, 2.75) is 39.5 Å². The molecular formula is C31H36N2O5. The first kappa shape index (κ1) is 27.4. The van der Waals surface area contributed by atoms with Crippen molar-refractivity contribution in [3.8, 4) is 16.9 Å². The third-order valence-electron chi connectivity index (χ3n) is 7.09. The highest BCUT2D eigenvalue weighted by Crippen LogP contribution is 2.31. The summed E-state index contributed by atoms with van der Waals surface area (Å²) in [5.74, 6) is 0.195. The van der Waals surface area contributed by atoms with Crippen molar-refractivity contribution in [1.82, 2.24) is 9.80 Å². The average molecular weight is 517 g/mol. The number of rotatable bonds is 5. The maximum absolute atomic E-state index is 13.9. The molecule has 1 heterocycles. The lowest BCUT2D eigenvalue weighted by Gasteiger charge is -2.35. The van der Waals surface area contributed by atoms with Crippen LogP contribution in [0.5, 0.6) is 5.75 Å². The van der Waals surface area contributed by atoms with Gasteiger partial charge in [0.15, 0.2) is 0 Å². The summed E-state index contributed by atoms with van der Waals surface area (Å²) in [4.78, 5) is 30.0. The number of carbonyl (C=O) groups is 2. The molecule has 1 N–H and O–H groups in total. The standard InChI is InChI=1S/C31H36N2O5/c1-21-13-15-25(16-14-21)38-31(36)32(4)18-29-22(2)17-33(23(3)19-34)30(35)28-12-8-7-11-27(28)26-10-6-5-9-24(26)20-37-29/h5-16,22-23,29,34H,17-20H2,1-4H3/t22-,23-,29+/m0/s1. The number of hydrogen-bond donors (Lipinski definition) is 1. The van der Waals surface area contributed by atoms with E-state index in [1.807, 2.05) is 81.4 Å². The van der Waals surface area contributed by atoms with E-state index in [0.29, 0.717) is 24.5 Å². The van der Waals surface area contributed by atoms with Crippen LogP contribution in [0.3, 0.4) is 0 Å². The predicted molar refractivity (Wildman–Crippen MR) is 147 cm³/mol. The number of ether oxygens (including phenoxy) is 2. The highest BCUT2D eigenvalue weighted by molar-refractivity contribution is 6.01. The lowest BCUT2D eigenvalue weighted by Crippen LogP contribution is -2.47. The number of hydrogen-bond acceptors (Lipinski definition) is 5. The van der Waals surface area contributed by atoms with Gasteiger partial charge in [-0.25, -0.2) is 4.79 Å². The molecule has 200 valence electrons. The fourth-order valence-corrected chi connectivity index (χ4v) is 4.68. The predicted octanol–water partition coefficient (Wildman–Crippen LogP) is 5.15. The monoisotopic (exact) mass is 516 g/mol. The van der Waals surface area contributed by atoms with Gasteiger partial charge in [-0.3, -0.25) is 4.79 Å². The van der Waals surface area contributed by atoms with Crippen LogP contribution in [0.2, 0.25) is 0 Å². The maximum atomic E-state index is 13.9. The number of nitrogens with zero attached hydrogens (tertiary/aromatic N) is 2. The molecule has 38 heavy (non-hydrogen) atoms. The van der Waals surface area contributed by atoms with E-state index in [1.54, 1.807) is 24.1 Å². The highest BCUT2D eigenvalue weighted by Gasteiger charge is 2.31. The molecule has 0 fully saturated rings. The van der Waals surface area contributed by atoms with E-state index < -0.39 is 6.09 Å². The van der Waals surface area contributed by atoms with E-state index in [9.17, 15) is 14.7 Å². The number of amides is 2. The summed E-state index contributed by atoms with van der Waals surface area (Å²) in [5, 5.41) is 9.99. The second-order valence-corrected chi connectivity index (χ2v) is 10.1. The third kappa shape index (κ3) is 6.23. The number of aryl methyl sites for hydroxylation is 1. The molecule has 1 aliphatic rings. The first-order chi connectivity index (χ1) is 18.3. The summed E-state index contributed by atoms with van der Waals surface area (Å²) in [6.45, 7) is 6.61. The lowest BCUT2D eigenvalue weighted by molar-refractivity contribution is -0.0205. The molecule has 7 nitrogen and oxygen atoms in total. The zero-order chi connectivity index (χ0) is 27.2. The molecule has 0 unspecified atom stereocenters. The van der Waals surface area contributed by atoms with Gasteiger partial charge in [-0.05, 0) is 48.7 Å². The van der Waals surface area contributed by atoms with Gasteiger partial charge in [0.05, 0.1) is 31.9 Å². The third-order valence-corrected chi connectivity index (χ3v) is 7.09. The Balaban J connectivity index is 1.64. The minimum absolute atomic E-state index is 0.139. The topological polar surface area (TPSA) is 79.3 Å². The van der Waals surface area contributed by atoms with Gasteiger partial charge in [0.25, 0.3) is 5.91 Å². The zero-order valence-corrected chi connectivity index (χ0v) is 22.5. The Morgan fingerprint density at radius 2 is 1.68 bits per heavy atom. The van der Waals surface area contributed by atoms with Crippen molar-refractivity contribution >= 4 is 12.0 Å². The molecule has 0 radical (unpaired) electrons. The molecule has 0 spiro atoms. The van der Waals surface area contributed by atoms with Gasteiger partial charge in [0, 0.05) is 25.1 Å². The quantitative estimate of drug-likeness (QED) is 0.507. The van der Waals surface area contributed by atoms with Gasteiger partial charge in [-0.15, -0.1) is 0 Å². The molecule has 0 saturated heterocycles. The van der Waals surface area contributed by atoms with Gasteiger partial charge in [-0.2, -0.15) is 0 Å². The van der Waals surface area contributed by atoms with Gasteiger partial charge in [-0.1, -0.05) is 67.1 Å². The lowest BCUT2D eigenvalue weighted by atomic mass is 9.94. The van der Waals surface area contributed by atoms with Crippen LogP contribution < -0.4 is 4.74 Å². The number of benzene rings is 3. The van der Waals surface area contributed by atoms with Gasteiger partial charge < -0.3 is 24.4 Å². The molecule has 3 aromatic carbocycles. The zero-order valence-electron chi connectivity index (χ0n) is 22.5. The normalized spacial score (nSPS) is 18.6. The molecule has 2 amide bonds. The second-order valence-electron chi connectivity index (χ2n) is 10.1. The Morgan fingerprint density at radius 1 is 1.05 bits per heavy atom. The number of likely N-dealkylation sites (N-methyl/N-ethyl adjacent to an activating group) is 1. The van der Waals surface area contributed by atoms with Crippen molar-refractivity contribution in [1.29, 1.82) is 0 Å². The summed E-state index contributed by atoms with van der Waals surface area (Å²) < 4.78 is 12.0. The molecule has 0 aliphatic carbocycles. The second kappa shape index (κ2) is 12.2. The number of carbonyl (C=O) groups excluding carboxylic acids is 2. The first-order valence-electron chi connectivity index (χ1n) is 13.0. The van der Waals surface area contributed by atoms with Crippen molar-refractivity contribution in [3.05, 3.63) is 89.5 Å². The smallest absolute Gasteiger partial charge is 0.410 e. The number of fused-ring (bicyclic) bond motifs is 3. The molecule has 4 rings (SSSR count). The molecule has 1 aliphatic heterocycles. The summed E-state index contributed by atoms with van der Waals surface area (Å²) in [5.41, 5.74) is 4.38. The number of aliphatic hydroxyl groups excluding tert-OH is 1. The van der Waals surface area contributed by atoms with Crippen molar-refractivity contribution < 1.29 is 24.2 Å². The Labute approximate surface area is 224 Å². The van der Waals surface area contributed by atoms with Crippen molar-refractivity contribution in [3.63, 3.8) is 0 Å². The van der Waals surface area contributed by atoms with Crippen LogP contribution in [0.4, 0.5) is 4.79 Å². The fraction of sp³-hybridized carbons (Fsp3) is 0.355. The molecule has 3 aromatic rings.